The summed E-state index contributed by atoms with van der Waals surface area (Å²) in [6, 6.07) is 24.5. The molecule has 5 heteroatoms. The molecular formula is C31H38N2O2S. The largest absolute Gasteiger partial charge is 0.341 e. The van der Waals surface area contributed by atoms with Crippen LogP contribution >= 0.6 is 0 Å². The number of benzene rings is 3. The fraction of sp³-hybridized carbons (Fsp3) is 0.419. The summed E-state index contributed by atoms with van der Waals surface area (Å²) in [6.07, 6.45) is 7.80. The van der Waals surface area contributed by atoms with Gasteiger partial charge in [-0.2, -0.15) is 0 Å². The molecule has 0 spiro atoms. The lowest BCUT2D eigenvalue weighted by Gasteiger charge is -2.38. The summed E-state index contributed by atoms with van der Waals surface area (Å²) in [6.45, 7) is 4.98. The molecule has 4 nitrogen and oxygen atoms in total. The zero-order valence-electron chi connectivity index (χ0n) is 21.5. The van der Waals surface area contributed by atoms with Crippen molar-refractivity contribution < 1.29 is 8.42 Å². The van der Waals surface area contributed by atoms with Crippen molar-refractivity contribution >= 4 is 21.4 Å². The summed E-state index contributed by atoms with van der Waals surface area (Å²) < 4.78 is 30.2. The highest BCUT2D eigenvalue weighted by Crippen LogP contribution is 2.38. The highest BCUT2D eigenvalue weighted by molar-refractivity contribution is 7.89. The van der Waals surface area contributed by atoms with Gasteiger partial charge in [0.1, 0.15) is 0 Å². The molecule has 5 rings (SSSR count). The average molecular weight is 503 g/mol. The van der Waals surface area contributed by atoms with Crippen molar-refractivity contribution in [3.63, 3.8) is 0 Å². The SMILES string of the molecule is Cc1ccc(S(=O)(=O)NC(C(C)CN2c3ccccc3CCc3ccccc32)C2CCCCC2)cc1. The molecule has 0 radical (unpaired) electrons. The van der Waals surface area contributed by atoms with Crippen LogP contribution in [0.5, 0.6) is 0 Å². The van der Waals surface area contributed by atoms with Crippen LogP contribution < -0.4 is 9.62 Å². The fourth-order valence-corrected chi connectivity index (χ4v) is 7.52. The summed E-state index contributed by atoms with van der Waals surface area (Å²) in [7, 11) is -3.61. The number of para-hydroxylation sites is 2. The van der Waals surface area contributed by atoms with Gasteiger partial charge in [0.2, 0.25) is 10.0 Å². The van der Waals surface area contributed by atoms with Crippen LogP contribution in [-0.4, -0.2) is 21.0 Å². The third-order valence-electron chi connectivity index (χ3n) is 8.09. The quantitative estimate of drug-likeness (QED) is 0.387. The Kier molecular flexibility index (Phi) is 7.49. The second kappa shape index (κ2) is 10.8. The van der Waals surface area contributed by atoms with Gasteiger partial charge in [0.05, 0.1) is 4.90 Å². The number of nitrogens with zero attached hydrogens (tertiary/aromatic N) is 1. The predicted octanol–water partition coefficient (Wildman–Crippen LogP) is 6.80. The minimum atomic E-state index is -3.61. The molecule has 3 aromatic rings. The van der Waals surface area contributed by atoms with Crippen molar-refractivity contribution in [2.75, 3.05) is 11.4 Å². The van der Waals surface area contributed by atoms with Crippen molar-refractivity contribution in [1.82, 2.24) is 4.72 Å². The third kappa shape index (κ3) is 5.37. The first kappa shape index (κ1) is 25.0. The van der Waals surface area contributed by atoms with E-state index in [9.17, 15) is 8.42 Å². The molecule has 3 aromatic carbocycles. The van der Waals surface area contributed by atoms with Crippen molar-refractivity contribution in [3.8, 4) is 0 Å². The highest BCUT2D eigenvalue weighted by atomic mass is 32.2. The van der Waals surface area contributed by atoms with Crippen LogP contribution in [0.15, 0.2) is 77.7 Å². The van der Waals surface area contributed by atoms with E-state index >= 15 is 0 Å². The molecule has 2 atom stereocenters. The molecule has 2 aliphatic rings. The van der Waals surface area contributed by atoms with Gasteiger partial charge in [-0.05, 0) is 79.8 Å². The van der Waals surface area contributed by atoms with Gasteiger partial charge in [-0.25, -0.2) is 13.1 Å². The summed E-state index contributed by atoms with van der Waals surface area (Å²) in [4.78, 5) is 2.80. The molecule has 1 aliphatic carbocycles. The average Bonchev–Trinajstić information content (AvgIpc) is 3.05. The van der Waals surface area contributed by atoms with Crippen LogP contribution in [0.2, 0.25) is 0 Å². The van der Waals surface area contributed by atoms with Gasteiger partial charge in [0, 0.05) is 24.0 Å². The topological polar surface area (TPSA) is 49.4 Å². The Balaban J connectivity index is 1.48. The Morgan fingerprint density at radius 1 is 0.833 bits per heavy atom. The molecule has 1 fully saturated rings. The number of sulfonamides is 1. The van der Waals surface area contributed by atoms with E-state index in [0.717, 1.165) is 37.8 Å². The first-order valence-corrected chi connectivity index (χ1v) is 14.9. The monoisotopic (exact) mass is 502 g/mol. The summed E-state index contributed by atoms with van der Waals surface area (Å²) >= 11 is 0. The van der Waals surface area contributed by atoms with Crippen molar-refractivity contribution in [1.29, 1.82) is 0 Å². The maximum atomic E-state index is 13.5. The molecule has 0 bridgehead atoms. The van der Waals surface area contributed by atoms with Gasteiger partial charge in [0.25, 0.3) is 0 Å². The van der Waals surface area contributed by atoms with E-state index in [1.54, 1.807) is 12.1 Å². The zero-order valence-corrected chi connectivity index (χ0v) is 22.3. The summed E-state index contributed by atoms with van der Waals surface area (Å²) in [5.41, 5.74) is 6.27. The molecular weight excluding hydrogens is 464 g/mol. The lowest BCUT2D eigenvalue weighted by Crippen LogP contribution is -2.48. The zero-order chi connectivity index (χ0) is 25.1. The maximum absolute atomic E-state index is 13.5. The smallest absolute Gasteiger partial charge is 0.240 e. The number of hydrogen-bond acceptors (Lipinski definition) is 3. The van der Waals surface area contributed by atoms with Crippen molar-refractivity contribution in [2.24, 2.45) is 11.8 Å². The molecule has 0 amide bonds. The molecule has 2 unspecified atom stereocenters. The van der Waals surface area contributed by atoms with Crippen LogP contribution in [0.4, 0.5) is 11.4 Å². The van der Waals surface area contributed by atoms with E-state index in [2.05, 4.69) is 65.1 Å². The molecule has 1 saturated carbocycles. The Hall–Kier alpha value is -2.63. The summed E-state index contributed by atoms with van der Waals surface area (Å²) in [5.74, 6) is 0.485. The Morgan fingerprint density at radius 3 is 1.97 bits per heavy atom. The Morgan fingerprint density at radius 2 is 1.39 bits per heavy atom. The van der Waals surface area contributed by atoms with Gasteiger partial charge >= 0.3 is 0 Å². The Bertz CT molecular complexity index is 1230. The second-order valence-electron chi connectivity index (χ2n) is 10.7. The minimum Gasteiger partial charge on any atom is -0.341 e. The minimum absolute atomic E-state index is 0.112. The maximum Gasteiger partial charge on any atom is 0.240 e. The van der Waals surface area contributed by atoms with Gasteiger partial charge < -0.3 is 4.90 Å². The number of aryl methyl sites for hydroxylation is 3. The molecule has 0 aromatic heterocycles. The van der Waals surface area contributed by atoms with E-state index in [1.807, 2.05) is 19.1 Å². The van der Waals surface area contributed by atoms with Crippen LogP contribution in [0, 0.1) is 18.8 Å². The van der Waals surface area contributed by atoms with Gasteiger partial charge in [0.15, 0.2) is 0 Å². The number of hydrogen-bond donors (Lipinski definition) is 1. The third-order valence-corrected chi connectivity index (χ3v) is 9.57. The number of anilines is 2. The van der Waals surface area contributed by atoms with Gasteiger partial charge in [-0.3, -0.25) is 0 Å². The van der Waals surface area contributed by atoms with Gasteiger partial charge in [-0.1, -0.05) is 80.3 Å². The van der Waals surface area contributed by atoms with Crippen molar-refractivity contribution in [2.45, 2.75) is 69.7 Å². The second-order valence-corrected chi connectivity index (χ2v) is 12.4. The predicted molar refractivity (Wildman–Crippen MR) is 148 cm³/mol. The molecule has 0 saturated heterocycles. The number of nitrogens with one attached hydrogen (secondary N) is 1. The first-order valence-electron chi connectivity index (χ1n) is 13.4. The van der Waals surface area contributed by atoms with Crippen LogP contribution in [0.3, 0.4) is 0 Å². The van der Waals surface area contributed by atoms with Gasteiger partial charge in [-0.15, -0.1) is 0 Å². The van der Waals surface area contributed by atoms with Crippen molar-refractivity contribution in [3.05, 3.63) is 89.5 Å². The van der Waals surface area contributed by atoms with Crippen LogP contribution in [-0.2, 0) is 22.9 Å². The van der Waals surface area contributed by atoms with E-state index in [4.69, 9.17) is 0 Å². The molecule has 190 valence electrons. The first-order chi connectivity index (χ1) is 17.4. The Labute approximate surface area is 216 Å². The summed E-state index contributed by atoms with van der Waals surface area (Å²) in [5, 5.41) is 0. The normalized spacial score (nSPS) is 18.1. The lowest BCUT2D eigenvalue weighted by molar-refractivity contribution is 0.240. The lowest BCUT2D eigenvalue weighted by atomic mass is 9.79. The van der Waals surface area contributed by atoms with Crippen LogP contribution in [0.25, 0.3) is 0 Å². The fourth-order valence-electron chi connectivity index (χ4n) is 6.10. The van der Waals surface area contributed by atoms with E-state index in [1.165, 1.54) is 41.8 Å². The molecule has 1 N–H and O–H groups in total. The van der Waals surface area contributed by atoms with Crippen LogP contribution in [0.1, 0.15) is 55.7 Å². The van der Waals surface area contributed by atoms with E-state index in [0.29, 0.717) is 10.8 Å². The highest BCUT2D eigenvalue weighted by Gasteiger charge is 2.34. The van der Waals surface area contributed by atoms with E-state index < -0.39 is 10.0 Å². The molecule has 36 heavy (non-hydrogen) atoms. The molecule has 1 heterocycles. The number of rotatable bonds is 7. The molecule has 1 aliphatic heterocycles. The standard InChI is InChI=1S/C31H38N2O2S/c1-23-16-20-28(21-17-23)36(34,35)32-31(27-12-4-3-5-13-27)24(2)22-33-29-14-8-6-10-25(29)18-19-26-11-7-9-15-30(26)33/h6-11,14-17,20-21,24,27,31-32H,3-5,12-13,18-19,22H2,1-2H3. The van der Waals surface area contributed by atoms with E-state index in [-0.39, 0.29) is 12.0 Å². The number of fused-ring (bicyclic) bond motifs is 2.